The lowest BCUT2D eigenvalue weighted by atomic mass is 10.2. The van der Waals surface area contributed by atoms with E-state index in [0.29, 0.717) is 18.1 Å². The zero-order valence-electron chi connectivity index (χ0n) is 12.2. The highest BCUT2D eigenvalue weighted by Gasteiger charge is 2.31. The molecule has 5 nitrogen and oxygen atoms in total. The Balaban J connectivity index is 1.86. The summed E-state index contributed by atoms with van der Waals surface area (Å²) in [5.74, 6) is 1.26. The van der Waals surface area contributed by atoms with Crippen LogP contribution >= 0.6 is 12.2 Å². The van der Waals surface area contributed by atoms with Crippen LogP contribution in [0.25, 0.3) is 0 Å². The quantitative estimate of drug-likeness (QED) is 0.838. The molecule has 7 heteroatoms. The lowest BCUT2D eigenvalue weighted by molar-refractivity contribution is 0.390. The Bertz CT molecular complexity index is 599. The molecule has 1 aliphatic rings. The summed E-state index contributed by atoms with van der Waals surface area (Å²) in [7, 11) is 0.582. The normalized spacial score (nSPS) is 20.0. The number of nitrogens with one attached hydrogen (secondary N) is 1. The predicted octanol–water partition coefficient (Wildman–Crippen LogP) is 1.19. The van der Waals surface area contributed by atoms with E-state index in [1.165, 1.54) is 0 Å². The molecule has 0 aromatic heterocycles. The molecule has 21 heavy (non-hydrogen) atoms. The topological polar surface area (TPSA) is 58.6 Å². The standard InChI is InChI=1S/C14H20N2O3S2/c1-16(12-7-8-21(17,18)10-12)14(20)15-9-11-3-5-13(19-2)6-4-11/h3-6,12H,7-10H2,1-2H3,(H,15,20)/t12-/m1/s1. The second-order valence-corrected chi connectivity index (χ2v) is 7.79. The molecule has 1 aliphatic heterocycles. The molecule has 2 rings (SSSR count). The third-order valence-electron chi connectivity index (χ3n) is 3.68. The zero-order chi connectivity index (χ0) is 15.5. The maximum atomic E-state index is 11.5. The van der Waals surface area contributed by atoms with E-state index in [0.717, 1.165) is 11.3 Å². The summed E-state index contributed by atoms with van der Waals surface area (Å²) in [6.07, 6.45) is 0.642. The maximum Gasteiger partial charge on any atom is 0.169 e. The molecule has 1 N–H and O–H groups in total. The van der Waals surface area contributed by atoms with Crippen molar-refractivity contribution in [2.45, 2.75) is 19.0 Å². The summed E-state index contributed by atoms with van der Waals surface area (Å²) in [5.41, 5.74) is 1.09. The molecule has 0 aliphatic carbocycles. The molecule has 0 radical (unpaired) electrons. The number of rotatable bonds is 4. The third-order valence-corrected chi connectivity index (χ3v) is 5.86. The van der Waals surface area contributed by atoms with Gasteiger partial charge in [0.15, 0.2) is 14.9 Å². The Hall–Kier alpha value is -1.34. The fourth-order valence-electron chi connectivity index (χ4n) is 2.29. The first-order chi connectivity index (χ1) is 9.91. The van der Waals surface area contributed by atoms with Crippen LogP contribution in [0.1, 0.15) is 12.0 Å². The van der Waals surface area contributed by atoms with Gasteiger partial charge in [0.1, 0.15) is 5.75 Å². The van der Waals surface area contributed by atoms with Crippen LogP contribution in [0.4, 0.5) is 0 Å². The van der Waals surface area contributed by atoms with Gasteiger partial charge in [0.05, 0.1) is 18.6 Å². The van der Waals surface area contributed by atoms with E-state index in [-0.39, 0.29) is 17.5 Å². The third kappa shape index (κ3) is 4.31. The first kappa shape index (κ1) is 16.0. The Morgan fingerprint density at radius 1 is 1.43 bits per heavy atom. The molecule has 1 fully saturated rings. The molecule has 1 aromatic rings. The molecule has 1 saturated heterocycles. The van der Waals surface area contributed by atoms with E-state index in [9.17, 15) is 8.42 Å². The summed E-state index contributed by atoms with van der Waals surface area (Å²) in [4.78, 5) is 1.85. The number of methoxy groups -OCH3 is 1. The zero-order valence-corrected chi connectivity index (χ0v) is 13.8. The van der Waals surface area contributed by atoms with Crippen molar-refractivity contribution in [3.63, 3.8) is 0 Å². The van der Waals surface area contributed by atoms with Gasteiger partial charge in [0.25, 0.3) is 0 Å². The van der Waals surface area contributed by atoms with Crippen molar-refractivity contribution in [2.24, 2.45) is 0 Å². The molecule has 0 unspecified atom stereocenters. The van der Waals surface area contributed by atoms with Gasteiger partial charge >= 0.3 is 0 Å². The van der Waals surface area contributed by atoms with Gasteiger partial charge in [-0.25, -0.2) is 8.42 Å². The fraction of sp³-hybridized carbons (Fsp3) is 0.500. The highest BCUT2D eigenvalue weighted by Crippen LogP contribution is 2.17. The van der Waals surface area contributed by atoms with Crippen LogP contribution < -0.4 is 10.1 Å². The van der Waals surface area contributed by atoms with E-state index in [1.54, 1.807) is 7.11 Å². The molecular formula is C14H20N2O3S2. The lowest BCUT2D eigenvalue weighted by Gasteiger charge is -2.26. The van der Waals surface area contributed by atoms with Crippen LogP contribution in [0.5, 0.6) is 5.75 Å². The molecule has 1 aromatic carbocycles. The van der Waals surface area contributed by atoms with Gasteiger partial charge in [-0.05, 0) is 36.3 Å². The van der Waals surface area contributed by atoms with Crippen molar-refractivity contribution >= 4 is 27.2 Å². The van der Waals surface area contributed by atoms with Crippen molar-refractivity contribution < 1.29 is 13.2 Å². The van der Waals surface area contributed by atoms with Crippen LogP contribution in [0.2, 0.25) is 0 Å². The van der Waals surface area contributed by atoms with E-state index in [1.807, 2.05) is 36.2 Å². The second kappa shape index (κ2) is 6.62. The molecular weight excluding hydrogens is 308 g/mol. The minimum absolute atomic E-state index is 0.0223. The smallest absolute Gasteiger partial charge is 0.169 e. The van der Waals surface area contributed by atoms with Crippen LogP contribution in [-0.4, -0.2) is 50.1 Å². The summed E-state index contributed by atoms with van der Waals surface area (Å²) in [6.45, 7) is 0.604. The Morgan fingerprint density at radius 3 is 2.62 bits per heavy atom. The highest BCUT2D eigenvalue weighted by molar-refractivity contribution is 7.91. The molecule has 1 heterocycles. The van der Waals surface area contributed by atoms with Gasteiger partial charge in [-0.2, -0.15) is 0 Å². The van der Waals surface area contributed by atoms with Gasteiger partial charge in [-0.3, -0.25) is 0 Å². The van der Waals surface area contributed by atoms with Crippen molar-refractivity contribution in [2.75, 3.05) is 25.7 Å². The van der Waals surface area contributed by atoms with Gasteiger partial charge < -0.3 is 15.0 Å². The number of hydrogen-bond donors (Lipinski definition) is 1. The van der Waals surface area contributed by atoms with Crippen LogP contribution in [0.3, 0.4) is 0 Å². The Labute approximate surface area is 131 Å². The van der Waals surface area contributed by atoms with E-state index in [2.05, 4.69) is 5.32 Å². The predicted molar refractivity (Wildman–Crippen MR) is 87.3 cm³/mol. The summed E-state index contributed by atoms with van der Waals surface area (Å²) in [5, 5.41) is 3.74. The number of hydrogen-bond acceptors (Lipinski definition) is 4. The summed E-state index contributed by atoms with van der Waals surface area (Å²) in [6, 6.07) is 7.70. The summed E-state index contributed by atoms with van der Waals surface area (Å²) < 4.78 is 28.1. The maximum absolute atomic E-state index is 11.5. The van der Waals surface area contributed by atoms with Gasteiger partial charge in [-0.15, -0.1) is 0 Å². The monoisotopic (exact) mass is 328 g/mol. The number of thiocarbonyl (C=S) groups is 1. The minimum Gasteiger partial charge on any atom is -0.497 e. The van der Waals surface area contributed by atoms with Crippen molar-refractivity contribution in [3.8, 4) is 5.75 Å². The van der Waals surface area contributed by atoms with E-state index >= 15 is 0 Å². The highest BCUT2D eigenvalue weighted by atomic mass is 32.2. The summed E-state index contributed by atoms with van der Waals surface area (Å²) >= 11 is 5.33. The average Bonchev–Trinajstić information content (AvgIpc) is 2.84. The lowest BCUT2D eigenvalue weighted by Crippen LogP contribution is -2.43. The van der Waals surface area contributed by atoms with Crippen molar-refractivity contribution in [1.82, 2.24) is 10.2 Å². The average molecular weight is 328 g/mol. The Morgan fingerprint density at radius 2 is 2.10 bits per heavy atom. The van der Waals surface area contributed by atoms with Gasteiger partial charge in [-0.1, -0.05) is 12.1 Å². The first-order valence-electron chi connectivity index (χ1n) is 6.75. The first-order valence-corrected chi connectivity index (χ1v) is 8.98. The van der Waals surface area contributed by atoms with E-state index in [4.69, 9.17) is 17.0 Å². The molecule has 1 atom stereocenters. The number of nitrogens with zero attached hydrogens (tertiary/aromatic N) is 1. The van der Waals surface area contributed by atoms with Gasteiger partial charge in [0.2, 0.25) is 0 Å². The number of benzene rings is 1. The van der Waals surface area contributed by atoms with Crippen molar-refractivity contribution in [1.29, 1.82) is 0 Å². The molecule has 0 spiro atoms. The van der Waals surface area contributed by atoms with Crippen LogP contribution in [0.15, 0.2) is 24.3 Å². The fourth-order valence-corrected chi connectivity index (χ4v) is 4.29. The second-order valence-electron chi connectivity index (χ2n) is 5.17. The number of ether oxygens (including phenoxy) is 1. The minimum atomic E-state index is -2.89. The van der Waals surface area contributed by atoms with Crippen LogP contribution in [0, 0.1) is 0 Å². The van der Waals surface area contributed by atoms with Gasteiger partial charge in [0, 0.05) is 19.6 Å². The molecule has 0 bridgehead atoms. The van der Waals surface area contributed by atoms with E-state index < -0.39 is 9.84 Å². The molecule has 0 amide bonds. The number of sulfone groups is 1. The Kier molecular flexibility index (Phi) is 5.05. The molecule has 116 valence electrons. The SMILES string of the molecule is COc1ccc(CNC(=S)N(C)[C@@H]2CCS(=O)(=O)C2)cc1. The molecule has 0 saturated carbocycles. The van der Waals surface area contributed by atoms with Crippen LogP contribution in [-0.2, 0) is 16.4 Å². The largest absolute Gasteiger partial charge is 0.497 e. The van der Waals surface area contributed by atoms with Crippen molar-refractivity contribution in [3.05, 3.63) is 29.8 Å².